The van der Waals surface area contributed by atoms with Crippen LogP contribution in [0.2, 0.25) is 0 Å². The quantitative estimate of drug-likeness (QED) is 0.740. The average Bonchev–Trinajstić information content (AvgIpc) is 2.34. The molecule has 0 saturated carbocycles. The summed E-state index contributed by atoms with van der Waals surface area (Å²) < 4.78 is 5.88. The highest BCUT2D eigenvalue weighted by atomic mass is 79.9. The number of hydrogen-bond donors (Lipinski definition) is 3. The Labute approximate surface area is 125 Å². The van der Waals surface area contributed by atoms with Crippen molar-refractivity contribution in [2.24, 2.45) is 5.92 Å². The third kappa shape index (κ3) is 5.92. The lowest BCUT2D eigenvalue weighted by Gasteiger charge is -2.12. The number of methoxy groups -OCH3 is 1. The molecule has 7 heteroatoms. The molecule has 6 nitrogen and oxygen atoms in total. The van der Waals surface area contributed by atoms with Crippen LogP contribution in [0.4, 0.5) is 10.5 Å². The van der Waals surface area contributed by atoms with E-state index in [1.54, 1.807) is 32.2 Å². The summed E-state index contributed by atoms with van der Waals surface area (Å²) in [7, 11) is 1.54. The maximum absolute atomic E-state index is 11.7. The number of carboxylic acid groups (broad SMARTS) is 1. The van der Waals surface area contributed by atoms with Crippen LogP contribution >= 0.6 is 15.9 Å². The van der Waals surface area contributed by atoms with Crippen molar-refractivity contribution in [3.63, 3.8) is 0 Å². The number of carboxylic acids is 1. The molecule has 0 heterocycles. The number of benzene rings is 1. The molecule has 110 valence electrons. The number of hydrogen-bond acceptors (Lipinski definition) is 3. The van der Waals surface area contributed by atoms with Gasteiger partial charge in [-0.05, 0) is 18.1 Å². The van der Waals surface area contributed by atoms with Gasteiger partial charge in [-0.25, -0.2) is 4.79 Å². The Hall–Kier alpha value is -1.76. The molecule has 0 aliphatic rings. The van der Waals surface area contributed by atoms with Crippen LogP contribution in [0.5, 0.6) is 5.75 Å². The standard InChI is InChI=1S/C13H17BrN2O4/c1-8(3-12(17)18)7-15-13(19)16-10-4-9(14)5-11(6-10)20-2/h4-6,8H,3,7H2,1-2H3,(H,17,18)(H2,15,16,19). The number of ether oxygens (including phenoxy) is 1. The molecule has 0 aromatic heterocycles. The van der Waals surface area contributed by atoms with Gasteiger partial charge in [-0.2, -0.15) is 0 Å². The summed E-state index contributed by atoms with van der Waals surface area (Å²) in [4.78, 5) is 22.2. The number of carbonyl (C=O) groups excluding carboxylic acids is 1. The number of anilines is 1. The van der Waals surface area contributed by atoms with Crippen LogP contribution in [0.1, 0.15) is 13.3 Å². The summed E-state index contributed by atoms with van der Waals surface area (Å²) in [5.41, 5.74) is 0.583. The highest BCUT2D eigenvalue weighted by Crippen LogP contribution is 2.24. The fraction of sp³-hybridized carbons (Fsp3) is 0.385. The first-order chi connectivity index (χ1) is 9.40. The molecular weight excluding hydrogens is 328 g/mol. The van der Waals surface area contributed by atoms with Crippen molar-refractivity contribution < 1.29 is 19.4 Å². The largest absolute Gasteiger partial charge is 0.497 e. The van der Waals surface area contributed by atoms with Crippen molar-refractivity contribution in [2.75, 3.05) is 19.0 Å². The smallest absolute Gasteiger partial charge is 0.319 e. The minimum atomic E-state index is -0.878. The second kappa shape index (κ2) is 7.74. The molecule has 0 aliphatic heterocycles. The van der Waals surface area contributed by atoms with Crippen molar-refractivity contribution in [3.05, 3.63) is 22.7 Å². The lowest BCUT2D eigenvalue weighted by molar-refractivity contribution is -0.137. The Morgan fingerprint density at radius 3 is 2.70 bits per heavy atom. The second-order valence-electron chi connectivity index (χ2n) is 4.42. The summed E-state index contributed by atoms with van der Waals surface area (Å²) in [6, 6.07) is 4.81. The van der Waals surface area contributed by atoms with Gasteiger partial charge in [0.25, 0.3) is 0 Å². The van der Waals surface area contributed by atoms with Gasteiger partial charge in [-0.15, -0.1) is 0 Å². The number of amides is 2. The van der Waals surface area contributed by atoms with E-state index in [9.17, 15) is 9.59 Å². The summed E-state index contributed by atoms with van der Waals surface area (Å²) >= 11 is 3.32. The SMILES string of the molecule is COc1cc(Br)cc(NC(=O)NCC(C)CC(=O)O)c1. The molecule has 1 aromatic carbocycles. The molecule has 0 radical (unpaired) electrons. The second-order valence-corrected chi connectivity index (χ2v) is 5.33. The van der Waals surface area contributed by atoms with Crippen LogP contribution in [0.3, 0.4) is 0 Å². The van der Waals surface area contributed by atoms with E-state index < -0.39 is 5.97 Å². The molecular formula is C13H17BrN2O4. The van der Waals surface area contributed by atoms with Crippen LogP contribution in [-0.4, -0.2) is 30.8 Å². The number of nitrogens with one attached hydrogen (secondary N) is 2. The van der Waals surface area contributed by atoms with Gasteiger partial charge in [-0.3, -0.25) is 4.79 Å². The van der Waals surface area contributed by atoms with E-state index in [0.717, 1.165) is 4.47 Å². The minimum Gasteiger partial charge on any atom is -0.497 e. The van der Waals surface area contributed by atoms with Crippen LogP contribution < -0.4 is 15.4 Å². The van der Waals surface area contributed by atoms with E-state index in [-0.39, 0.29) is 18.4 Å². The molecule has 1 atom stereocenters. The van der Waals surface area contributed by atoms with Gasteiger partial charge >= 0.3 is 12.0 Å². The molecule has 20 heavy (non-hydrogen) atoms. The van der Waals surface area contributed by atoms with Gasteiger partial charge in [0.15, 0.2) is 0 Å². The molecule has 0 spiro atoms. The third-order valence-electron chi connectivity index (χ3n) is 2.50. The normalized spacial score (nSPS) is 11.6. The number of halogens is 1. The van der Waals surface area contributed by atoms with Crippen LogP contribution in [-0.2, 0) is 4.79 Å². The minimum absolute atomic E-state index is 0.0188. The summed E-state index contributed by atoms with van der Waals surface area (Å²) in [5, 5.41) is 13.9. The third-order valence-corrected chi connectivity index (χ3v) is 2.96. The Morgan fingerprint density at radius 2 is 2.10 bits per heavy atom. The maximum Gasteiger partial charge on any atom is 0.319 e. The zero-order chi connectivity index (χ0) is 15.1. The lowest BCUT2D eigenvalue weighted by Crippen LogP contribution is -2.32. The van der Waals surface area contributed by atoms with Gasteiger partial charge in [0, 0.05) is 29.2 Å². The molecule has 3 N–H and O–H groups in total. The van der Waals surface area contributed by atoms with Gasteiger partial charge in [0.05, 0.1) is 7.11 Å². The Balaban J connectivity index is 2.50. The lowest BCUT2D eigenvalue weighted by atomic mass is 10.1. The van der Waals surface area contributed by atoms with E-state index in [1.165, 1.54) is 0 Å². The molecule has 0 saturated heterocycles. The maximum atomic E-state index is 11.7. The number of carbonyl (C=O) groups is 2. The predicted octanol–water partition coefficient (Wildman–Crippen LogP) is 2.69. The summed E-state index contributed by atoms with van der Waals surface area (Å²) in [6.45, 7) is 2.06. The van der Waals surface area contributed by atoms with E-state index in [4.69, 9.17) is 9.84 Å². The number of urea groups is 1. The first kappa shape index (κ1) is 16.3. The fourth-order valence-electron chi connectivity index (χ4n) is 1.57. The number of rotatable bonds is 6. The molecule has 1 aromatic rings. The molecule has 2 amide bonds. The summed E-state index contributed by atoms with van der Waals surface area (Å²) in [6.07, 6.45) is 0.0188. The molecule has 1 rings (SSSR count). The van der Waals surface area contributed by atoms with Gasteiger partial charge in [0.1, 0.15) is 5.75 Å². The van der Waals surface area contributed by atoms with Gasteiger partial charge in [-0.1, -0.05) is 22.9 Å². The zero-order valence-electron chi connectivity index (χ0n) is 11.3. The summed E-state index contributed by atoms with van der Waals surface area (Å²) in [5.74, 6) is -0.388. The molecule has 0 fully saturated rings. The number of aliphatic carboxylic acids is 1. The van der Waals surface area contributed by atoms with E-state index in [1.807, 2.05) is 0 Å². The first-order valence-corrected chi connectivity index (χ1v) is 6.81. The van der Waals surface area contributed by atoms with Gasteiger partial charge < -0.3 is 20.5 Å². The van der Waals surface area contributed by atoms with E-state index in [2.05, 4.69) is 26.6 Å². The van der Waals surface area contributed by atoms with Crippen LogP contribution in [0.25, 0.3) is 0 Å². The highest BCUT2D eigenvalue weighted by molar-refractivity contribution is 9.10. The van der Waals surface area contributed by atoms with Crippen LogP contribution in [0.15, 0.2) is 22.7 Å². The molecule has 0 bridgehead atoms. The molecule has 1 unspecified atom stereocenters. The zero-order valence-corrected chi connectivity index (χ0v) is 12.9. The van der Waals surface area contributed by atoms with Gasteiger partial charge in [0.2, 0.25) is 0 Å². The average molecular weight is 345 g/mol. The Kier molecular flexibility index (Phi) is 6.30. The fourth-order valence-corrected chi connectivity index (χ4v) is 2.04. The Bertz CT molecular complexity index is 493. The highest BCUT2D eigenvalue weighted by Gasteiger charge is 2.10. The van der Waals surface area contributed by atoms with Crippen molar-refractivity contribution in [2.45, 2.75) is 13.3 Å². The van der Waals surface area contributed by atoms with Crippen LogP contribution in [0, 0.1) is 5.92 Å². The Morgan fingerprint density at radius 1 is 1.40 bits per heavy atom. The van der Waals surface area contributed by atoms with E-state index in [0.29, 0.717) is 18.0 Å². The first-order valence-electron chi connectivity index (χ1n) is 6.02. The van der Waals surface area contributed by atoms with Crippen molar-refractivity contribution >= 4 is 33.6 Å². The van der Waals surface area contributed by atoms with Crippen molar-refractivity contribution in [3.8, 4) is 5.75 Å². The topological polar surface area (TPSA) is 87.7 Å². The monoisotopic (exact) mass is 344 g/mol. The van der Waals surface area contributed by atoms with Crippen molar-refractivity contribution in [1.29, 1.82) is 0 Å². The molecule has 0 aliphatic carbocycles. The van der Waals surface area contributed by atoms with E-state index >= 15 is 0 Å². The predicted molar refractivity (Wildman–Crippen MR) is 79.1 cm³/mol. The van der Waals surface area contributed by atoms with Crippen molar-refractivity contribution in [1.82, 2.24) is 5.32 Å².